The van der Waals surface area contributed by atoms with Crippen molar-refractivity contribution in [1.82, 2.24) is 10.3 Å². The first-order valence-electron chi connectivity index (χ1n) is 7.83. The van der Waals surface area contributed by atoms with E-state index in [0.717, 1.165) is 0 Å². The molecular weight excluding hydrogens is 322 g/mol. The van der Waals surface area contributed by atoms with Crippen molar-refractivity contribution in [2.45, 2.75) is 6.42 Å². The lowest BCUT2D eigenvalue weighted by atomic mass is 10.2. The summed E-state index contributed by atoms with van der Waals surface area (Å²) in [6, 6.07) is 11.7. The molecule has 1 aromatic carbocycles. The molecule has 0 unspecified atom stereocenters. The number of ether oxygens (including phenoxy) is 2. The summed E-state index contributed by atoms with van der Waals surface area (Å²) in [5.74, 6) is -0.0161. The Morgan fingerprint density at radius 3 is 2.32 bits per heavy atom. The first kappa shape index (κ1) is 18.4. The van der Waals surface area contributed by atoms with Gasteiger partial charge >= 0.3 is 0 Å². The average molecular weight is 343 g/mol. The van der Waals surface area contributed by atoms with Crippen molar-refractivity contribution in [3.63, 3.8) is 0 Å². The van der Waals surface area contributed by atoms with Crippen LogP contribution in [0.2, 0.25) is 0 Å². The number of hydrogen-bond acceptors (Lipinski definition) is 5. The highest BCUT2D eigenvalue weighted by Gasteiger charge is 2.12. The number of nitrogens with one attached hydrogen (secondary N) is 2. The van der Waals surface area contributed by atoms with Crippen molar-refractivity contribution in [2.75, 3.05) is 32.7 Å². The minimum absolute atomic E-state index is 0.167. The summed E-state index contributed by atoms with van der Waals surface area (Å²) >= 11 is 0. The number of carbonyl (C=O) groups is 2. The molecule has 0 bridgehead atoms. The number of hydrogen-bond donors (Lipinski definition) is 2. The van der Waals surface area contributed by atoms with Gasteiger partial charge < -0.3 is 20.1 Å². The molecule has 2 rings (SSSR count). The number of methoxy groups -OCH3 is 2. The van der Waals surface area contributed by atoms with Crippen LogP contribution in [-0.2, 0) is 4.74 Å². The number of rotatable bonds is 8. The van der Waals surface area contributed by atoms with E-state index in [-0.39, 0.29) is 23.2 Å². The summed E-state index contributed by atoms with van der Waals surface area (Å²) in [4.78, 5) is 28.5. The van der Waals surface area contributed by atoms with E-state index < -0.39 is 0 Å². The number of aromatic nitrogens is 1. The maximum atomic E-state index is 12.3. The van der Waals surface area contributed by atoms with Crippen molar-refractivity contribution in [1.29, 1.82) is 0 Å². The van der Waals surface area contributed by atoms with Gasteiger partial charge in [0.25, 0.3) is 11.8 Å². The molecular formula is C18H21N3O4. The molecule has 7 nitrogen and oxygen atoms in total. The molecule has 0 fully saturated rings. The normalized spacial score (nSPS) is 10.2. The highest BCUT2D eigenvalue weighted by atomic mass is 16.5. The summed E-state index contributed by atoms with van der Waals surface area (Å²) in [6.45, 7) is 1.05. The third kappa shape index (κ3) is 5.58. The maximum Gasteiger partial charge on any atom is 0.274 e. The second-order valence-electron chi connectivity index (χ2n) is 5.19. The van der Waals surface area contributed by atoms with Gasteiger partial charge in [0, 0.05) is 25.9 Å². The molecule has 0 saturated heterocycles. The van der Waals surface area contributed by atoms with Gasteiger partial charge in [0.15, 0.2) is 0 Å². The summed E-state index contributed by atoms with van der Waals surface area (Å²) in [7, 11) is 3.18. The summed E-state index contributed by atoms with van der Waals surface area (Å²) < 4.78 is 9.99. The van der Waals surface area contributed by atoms with Crippen LogP contribution < -0.4 is 15.4 Å². The minimum atomic E-state index is -0.390. The van der Waals surface area contributed by atoms with Gasteiger partial charge in [-0.25, -0.2) is 4.98 Å². The van der Waals surface area contributed by atoms with E-state index in [0.29, 0.717) is 31.0 Å². The van der Waals surface area contributed by atoms with Crippen molar-refractivity contribution in [3.8, 4) is 5.75 Å². The van der Waals surface area contributed by atoms with Crippen LogP contribution in [0.15, 0.2) is 42.5 Å². The number of pyridine rings is 1. The fraction of sp³-hybridized carbons (Fsp3) is 0.278. The Labute approximate surface area is 146 Å². The van der Waals surface area contributed by atoms with Crippen molar-refractivity contribution >= 4 is 17.5 Å². The number of carbonyl (C=O) groups excluding carboxylic acids is 2. The minimum Gasteiger partial charge on any atom is -0.497 e. The van der Waals surface area contributed by atoms with Crippen LogP contribution in [0.1, 0.15) is 27.4 Å². The molecule has 0 aliphatic heterocycles. The molecule has 0 spiro atoms. The Kier molecular flexibility index (Phi) is 6.91. The summed E-state index contributed by atoms with van der Waals surface area (Å²) in [5.41, 5.74) is 0.974. The predicted molar refractivity (Wildman–Crippen MR) is 94.0 cm³/mol. The third-order valence-corrected chi connectivity index (χ3v) is 3.37. The van der Waals surface area contributed by atoms with E-state index in [4.69, 9.17) is 9.47 Å². The largest absolute Gasteiger partial charge is 0.497 e. The fourth-order valence-electron chi connectivity index (χ4n) is 2.07. The SMILES string of the molecule is COCCCNC(=O)c1cccc(C(=O)Nc2ccc(OC)cc2)n1. The Balaban J connectivity index is 1.99. The lowest BCUT2D eigenvalue weighted by molar-refractivity contribution is 0.0943. The number of anilines is 1. The van der Waals surface area contributed by atoms with Gasteiger partial charge in [-0.2, -0.15) is 0 Å². The quantitative estimate of drug-likeness (QED) is 0.717. The topological polar surface area (TPSA) is 89.5 Å². The van der Waals surface area contributed by atoms with E-state index in [1.807, 2.05) is 0 Å². The molecule has 2 aromatic rings. The smallest absolute Gasteiger partial charge is 0.274 e. The number of nitrogens with zero attached hydrogens (tertiary/aromatic N) is 1. The van der Waals surface area contributed by atoms with Crippen LogP contribution in [0, 0.1) is 0 Å². The first-order chi connectivity index (χ1) is 12.1. The van der Waals surface area contributed by atoms with E-state index in [9.17, 15) is 9.59 Å². The second kappa shape index (κ2) is 9.39. The molecule has 25 heavy (non-hydrogen) atoms. The van der Waals surface area contributed by atoms with Crippen LogP contribution in [0.5, 0.6) is 5.75 Å². The second-order valence-corrected chi connectivity index (χ2v) is 5.19. The molecule has 7 heteroatoms. The van der Waals surface area contributed by atoms with Gasteiger partial charge in [0.2, 0.25) is 0 Å². The summed E-state index contributed by atoms with van der Waals surface area (Å²) in [5, 5.41) is 5.47. The van der Waals surface area contributed by atoms with Crippen molar-refractivity contribution in [3.05, 3.63) is 53.9 Å². The van der Waals surface area contributed by atoms with Crippen LogP contribution in [0.25, 0.3) is 0 Å². The predicted octanol–water partition coefficient (Wildman–Crippen LogP) is 2.11. The average Bonchev–Trinajstić information content (AvgIpc) is 2.65. The van der Waals surface area contributed by atoms with E-state index in [1.54, 1.807) is 56.7 Å². The molecule has 0 atom stereocenters. The molecule has 1 aromatic heterocycles. The van der Waals surface area contributed by atoms with Crippen LogP contribution in [0.3, 0.4) is 0 Å². The molecule has 2 amide bonds. The molecule has 0 aliphatic carbocycles. The van der Waals surface area contributed by atoms with Crippen LogP contribution >= 0.6 is 0 Å². The molecule has 132 valence electrons. The standard InChI is InChI=1S/C18H21N3O4/c1-24-12-4-11-19-17(22)15-5-3-6-16(21-15)18(23)20-13-7-9-14(25-2)10-8-13/h3,5-10H,4,11-12H2,1-2H3,(H,19,22)(H,20,23). The van der Waals surface area contributed by atoms with Crippen LogP contribution in [-0.4, -0.2) is 44.2 Å². The van der Waals surface area contributed by atoms with E-state index in [2.05, 4.69) is 15.6 Å². The van der Waals surface area contributed by atoms with Gasteiger partial charge in [-0.1, -0.05) is 6.07 Å². The lowest BCUT2D eigenvalue weighted by Crippen LogP contribution is -2.27. The molecule has 0 radical (unpaired) electrons. The van der Waals surface area contributed by atoms with Gasteiger partial charge in [-0.05, 0) is 42.8 Å². The molecule has 2 N–H and O–H groups in total. The Morgan fingerprint density at radius 2 is 1.68 bits per heavy atom. The van der Waals surface area contributed by atoms with Gasteiger partial charge in [-0.15, -0.1) is 0 Å². The van der Waals surface area contributed by atoms with E-state index in [1.165, 1.54) is 0 Å². The van der Waals surface area contributed by atoms with Gasteiger partial charge in [0.05, 0.1) is 7.11 Å². The van der Waals surface area contributed by atoms with Crippen molar-refractivity contribution in [2.24, 2.45) is 0 Å². The highest BCUT2D eigenvalue weighted by molar-refractivity contribution is 6.03. The van der Waals surface area contributed by atoms with Gasteiger partial charge in [-0.3, -0.25) is 9.59 Å². The first-order valence-corrected chi connectivity index (χ1v) is 7.83. The Hall–Kier alpha value is -2.93. The third-order valence-electron chi connectivity index (χ3n) is 3.37. The molecule has 1 heterocycles. The Bertz CT molecular complexity index is 717. The maximum absolute atomic E-state index is 12.3. The zero-order chi connectivity index (χ0) is 18.1. The monoisotopic (exact) mass is 343 g/mol. The zero-order valence-corrected chi connectivity index (χ0v) is 14.2. The summed E-state index contributed by atoms with van der Waals surface area (Å²) in [6.07, 6.45) is 0.708. The van der Waals surface area contributed by atoms with E-state index >= 15 is 0 Å². The lowest BCUT2D eigenvalue weighted by Gasteiger charge is -2.08. The zero-order valence-electron chi connectivity index (χ0n) is 14.2. The number of benzene rings is 1. The highest BCUT2D eigenvalue weighted by Crippen LogP contribution is 2.15. The van der Waals surface area contributed by atoms with Crippen LogP contribution in [0.4, 0.5) is 5.69 Å². The Morgan fingerprint density at radius 1 is 1.00 bits per heavy atom. The van der Waals surface area contributed by atoms with Crippen molar-refractivity contribution < 1.29 is 19.1 Å². The molecule has 0 saturated carbocycles. The fourth-order valence-corrected chi connectivity index (χ4v) is 2.07. The molecule has 0 aliphatic rings. The van der Waals surface area contributed by atoms with Gasteiger partial charge in [0.1, 0.15) is 17.1 Å². The number of amides is 2.